The van der Waals surface area contributed by atoms with E-state index in [1.807, 2.05) is 0 Å². The minimum Gasteiger partial charge on any atom is -0.350 e. The Bertz CT molecular complexity index is 1610. The number of para-hydroxylation sites is 1. The topological polar surface area (TPSA) is 148 Å². The van der Waals surface area contributed by atoms with Crippen molar-refractivity contribution in [3.05, 3.63) is 76.6 Å². The highest BCUT2D eigenvalue weighted by Gasteiger charge is 2.37. The molecule has 0 saturated carbocycles. The molecule has 0 bridgehead atoms. The van der Waals surface area contributed by atoms with Gasteiger partial charge in [0.15, 0.2) is 0 Å². The van der Waals surface area contributed by atoms with Gasteiger partial charge in [-0.1, -0.05) is 18.2 Å². The number of fused-ring (bicyclic) bond motifs is 2. The number of imide groups is 1. The lowest BCUT2D eigenvalue weighted by Crippen LogP contribution is -2.30. The fourth-order valence-electron chi connectivity index (χ4n) is 4.13. The molecule has 0 radical (unpaired) electrons. The number of nitrogens with zero attached hydrogens (tertiary/aromatic N) is 4. The first-order valence-corrected chi connectivity index (χ1v) is 11.1. The highest BCUT2D eigenvalue weighted by Crippen LogP contribution is 2.45. The lowest BCUT2D eigenvalue weighted by molar-refractivity contribution is -0.384. The van der Waals surface area contributed by atoms with Gasteiger partial charge in [0, 0.05) is 54.0 Å². The van der Waals surface area contributed by atoms with Crippen LogP contribution < -0.4 is 4.90 Å². The number of hydrogen-bond acceptors (Lipinski definition) is 5. The van der Waals surface area contributed by atoms with Gasteiger partial charge in [0.05, 0.1) is 27.2 Å². The minimum absolute atomic E-state index is 0.0473. The molecule has 11 nitrogen and oxygen atoms in total. The number of amides is 2. The zero-order valence-corrected chi connectivity index (χ0v) is 17.8. The molecule has 166 valence electrons. The largest absolute Gasteiger partial charge is 0.434 e. The summed E-state index contributed by atoms with van der Waals surface area (Å²) in [5.74, 6) is -1.33. The molecule has 0 spiro atoms. The summed E-state index contributed by atoms with van der Waals surface area (Å²) in [6, 6.07) is 10.5. The maximum absolute atomic E-state index is 13.4. The normalized spacial score (nSPS) is 14.5. The molecule has 4 aromatic rings. The predicted octanol–water partition coefficient (Wildman–Crippen LogP) is 2.94. The van der Waals surface area contributed by atoms with E-state index in [0.29, 0.717) is 21.9 Å². The van der Waals surface area contributed by atoms with Gasteiger partial charge in [0.2, 0.25) is 0 Å². The van der Waals surface area contributed by atoms with Crippen molar-refractivity contribution in [2.24, 2.45) is 7.05 Å². The second-order valence-electron chi connectivity index (χ2n) is 7.54. The summed E-state index contributed by atoms with van der Waals surface area (Å²) in [4.78, 5) is 57.1. The van der Waals surface area contributed by atoms with Crippen molar-refractivity contribution in [1.82, 2.24) is 8.90 Å². The van der Waals surface area contributed by atoms with Crippen molar-refractivity contribution in [3.63, 3.8) is 0 Å². The number of rotatable bonds is 4. The number of nitro benzene ring substituents is 1. The predicted molar refractivity (Wildman–Crippen MR) is 119 cm³/mol. The Balaban J connectivity index is 1.64. The van der Waals surface area contributed by atoms with Gasteiger partial charge in [0.1, 0.15) is 0 Å². The maximum Gasteiger partial charge on any atom is 0.434 e. The molecule has 12 heteroatoms. The molecule has 0 saturated heterocycles. The number of aromatic nitrogens is 2. The molecule has 2 aromatic carbocycles. The van der Waals surface area contributed by atoms with Crippen LogP contribution in [-0.4, -0.2) is 35.4 Å². The van der Waals surface area contributed by atoms with Gasteiger partial charge in [-0.25, -0.2) is 9.46 Å². The van der Waals surface area contributed by atoms with Crippen LogP contribution in [0.2, 0.25) is 0 Å². The van der Waals surface area contributed by atoms with Crippen LogP contribution in [0.5, 0.6) is 0 Å². The lowest BCUT2D eigenvalue weighted by atomic mass is 10.0. The van der Waals surface area contributed by atoms with Gasteiger partial charge in [-0.15, -0.1) is 0 Å². The number of hydrogen-bond donors (Lipinski definition) is 2. The zero-order valence-electron chi connectivity index (χ0n) is 16.9. The summed E-state index contributed by atoms with van der Waals surface area (Å²) >= 11 is 0. The molecule has 2 aromatic heterocycles. The second-order valence-corrected chi connectivity index (χ2v) is 9.00. The molecule has 1 aliphatic rings. The average molecular weight is 466 g/mol. The lowest BCUT2D eigenvalue weighted by Gasteiger charge is -2.13. The summed E-state index contributed by atoms with van der Waals surface area (Å²) in [6.07, 6.45) is 3.85. The van der Waals surface area contributed by atoms with Crippen molar-refractivity contribution < 1.29 is 28.9 Å². The van der Waals surface area contributed by atoms with E-state index in [9.17, 15) is 34.1 Å². The summed E-state index contributed by atoms with van der Waals surface area (Å²) in [5.41, 5.74) is 1.12. The number of carbonyl (C=O) groups is 2. The van der Waals surface area contributed by atoms with Crippen LogP contribution >= 0.6 is 7.75 Å². The van der Waals surface area contributed by atoms with E-state index in [2.05, 4.69) is 0 Å². The molecular formula is C21H15N4O7P. The monoisotopic (exact) mass is 466 g/mol. The third-order valence-corrected chi connectivity index (χ3v) is 6.48. The van der Waals surface area contributed by atoms with Crippen molar-refractivity contribution in [2.45, 2.75) is 0 Å². The fraction of sp³-hybridized carbons (Fsp3) is 0.0476. The molecule has 2 N–H and O–H groups in total. The van der Waals surface area contributed by atoms with Crippen molar-refractivity contribution in [2.75, 3.05) is 4.90 Å². The Morgan fingerprint density at radius 1 is 1.00 bits per heavy atom. The zero-order chi connectivity index (χ0) is 23.7. The quantitative estimate of drug-likeness (QED) is 0.203. The first-order chi connectivity index (χ1) is 15.6. The van der Waals surface area contributed by atoms with Gasteiger partial charge in [-0.2, -0.15) is 0 Å². The van der Waals surface area contributed by atoms with Crippen LogP contribution in [0.1, 0.15) is 5.56 Å². The number of non-ortho nitro benzene ring substituents is 1. The Morgan fingerprint density at radius 3 is 2.42 bits per heavy atom. The molecular weight excluding hydrogens is 451 g/mol. The van der Waals surface area contributed by atoms with Gasteiger partial charge in [-0.3, -0.25) is 24.0 Å². The van der Waals surface area contributed by atoms with Crippen molar-refractivity contribution in [3.8, 4) is 0 Å². The molecule has 1 aliphatic heterocycles. The van der Waals surface area contributed by atoms with Crippen LogP contribution in [0, 0.1) is 10.1 Å². The van der Waals surface area contributed by atoms with Crippen LogP contribution in [0.25, 0.3) is 27.4 Å². The van der Waals surface area contributed by atoms with Crippen LogP contribution in [0.3, 0.4) is 0 Å². The molecule has 2 amide bonds. The molecule has 33 heavy (non-hydrogen) atoms. The smallest absolute Gasteiger partial charge is 0.350 e. The van der Waals surface area contributed by atoms with E-state index in [-0.39, 0.29) is 22.5 Å². The van der Waals surface area contributed by atoms with Gasteiger partial charge < -0.3 is 14.4 Å². The van der Waals surface area contributed by atoms with E-state index >= 15 is 0 Å². The highest BCUT2D eigenvalue weighted by molar-refractivity contribution is 7.50. The number of aryl methyl sites for hydroxylation is 1. The van der Waals surface area contributed by atoms with Gasteiger partial charge in [0.25, 0.3) is 17.5 Å². The first-order valence-electron chi connectivity index (χ1n) is 9.58. The Kier molecular flexibility index (Phi) is 4.40. The highest BCUT2D eigenvalue weighted by atomic mass is 31.2. The number of nitro groups is 1. The maximum atomic E-state index is 13.4. The number of carbonyl (C=O) groups excluding carboxylic acids is 2. The summed E-state index contributed by atoms with van der Waals surface area (Å²) in [5, 5.41) is 12.0. The number of benzene rings is 2. The molecule has 0 atom stereocenters. The van der Waals surface area contributed by atoms with Gasteiger partial charge in [-0.05, 0) is 12.1 Å². The Hall–Kier alpha value is -4.05. The third kappa shape index (κ3) is 3.10. The molecule has 0 fully saturated rings. The fourth-order valence-corrected chi connectivity index (χ4v) is 4.85. The van der Waals surface area contributed by atoms with Crippen LogP contribution in [0.4, 0.5) is 11.4 Å². The molecule has 0 unspecified atom stereocenters. The van der Waals surface area contributed by atoms with E-state index < -0.39 is 24.5 Å². The molecule has 5 rings (SSSR count). The first kappa shape index (κ1) is 20.8. The molecule has 3 heterocycles. The Morgan fingerprint density at radius 2 is 1.73 bits per heavy atom. The van der Waals surface area contributed by atoms with Crippen molar-refractivity contribution in [1.29, 1.82) is 0 Å². The second kappa shape index (κ2) is 6.97. The SMILES string of the molecule is Cn1cc(C2=CC(=O)N(c3cn(P(=O)(O)O)c4ccccc34)C2=O)c2ccc([N+](=O)[O-])cc21. The average Bonchev–Trinajstić information content (AvgIpc) is 3.39. The van der Waals surface area contributed by atoms with E-state index in [4.69, 9.17) is 0 Å². The number of anilines is 1. The van der Waals surface area contributed by atoms with E-state index in [0.717, 1.165) is 21.5 Å². The summed E-state index contributed by atoms with van der Waals surface area (Å²) in [7, 11) is -3.08. The van der Waals surface area contributed by atoms with Crippen LogP contribution in [-0.2, 0) is 21.2 Å². The molecule has 0 aliphatic carbocycles. The Labute approximate surface area is 185 Å². The summed E-state index contributed by atoms with van der Waals surface area (Å²) < 4.78 is 14.3. The van der Waals surface area contributed by atoms with Crippen LogP contribution in [0.15, 0.2) is 60.9 Å². The van der Waals surface area contributed by atoms with Crippen molar-refractivity contribution >= 4 is 58.3 Å². The van der Waals surface area contributed by atoms with E-state index in [1.165, 1.54) is 24.3 Å². The third-order valence-electron chi connectivity index (χ3n) is 5.59. The standard InChI is InChI=1S/C21H15N4O7P/c1-22-10-16(13-7-6-12(25(28)29)8-18(13)22)15-9-20(26)24(21(15)27)19-11-23(33(30,31)32)17-5-3-2-4-14(17)19/h2-11H,1H3,(H2,30,31,32). The minimum atomic E-state index is -4.75. The van der Waals surface area contributed by atoms with Gasteiger partial charge >= 0.3 is 7.75 Å². The summed E-state index contributed by atoms with van der Waals surface area (Å²) in [6.45, 7) is 0. The van der Waals surface area contributed by atoms with E-state index in [1.54, 1.807) is 36.0 Å².